The van der Waals surface area contributed by atoms with E-state index >= 15 is 0 Å². The number of aromatic nitrogens is 1. The third kappa shape index (κ3) is 2.16. The van der Waals surface area contributed by atoms with Gasteiger partial charge in [0.05, 0.1) is 6.10 Å². The molecule has 1 heterocycles. The number of rotatable bonds is 1. The second kappa shape index (κ2) is 4.45. The number of hydrogen-bond acceptors (Lipinski definition) is 1. The van der Waals surface area contributed by atoms with Crippen LogP contribution in [0.5, 0.6) is 0 Å². The summed E-state index contributed by atoms with van der Waals surface area (Å²) in [6.07, 6.45) is 3.27. The topological polar surface area (TPSA) is 25.2 Å². The monoisotopic (exact) mass is 273 g/mol. The van der Waals surface area contributed by atoms with Crippen LogP contribution in [0.15, 0.2) is 30.5 Å². The lowest BCUT2D eigenvalue weighted by Crippen LogP contribution is -2.26. The molecule has 0 amide bonds. The smallest absolute Gasteiger partial charge is 0.126 e. The Bertz CT molecular complexity index is 657. The summed E-state index contributed by atoms with van der Waals surface area (Å²) in [5.74, 6) is -0.185. The van der Waals surface area contributed by atoms with E-state index in [1.165, 1.54) is 6.07 Å². The van der Waals surface area contributed by atoms with Gasteiger partial charge in [0.15, 0.2) is 0 Å². The van der Waals surface area contributed by atoms with Crippen molar-refractivity contribution < 1.29 is 9.50 Å². The molecule has 3 heteroatoms. The van der Waals surface area contributed by atoms with Crippen LogP contribution in [0.25, 0.3) is 5.69 Å². The summed E-state index contributed by atoms with van der Waals surface area (Å²) in [6.45, 7) is 6.12. The molecule has 0 saturated carbocycles. The molecular formula is C17H20FNO. The molecule has 1 aliphatic carbocycles. The fourth-order valence-corrected chi connectivity index (χ4v) is 3.15. The number of fused-ring (bicyclic) bond motifs is 1. The van der Waals surface area contributed by atoms with Gasteiger partial charge in [-0.3, -0.25) is 0 Å². The van der Waals surface area contributed by atoms with Crippen molar-refractivity contribution >= 4 is 0 Å². The van der Waals surface area contributed by atoms with Gasteiger partial charge in [-0.1, -0.05) is 13.8 Å². The first-order valence-corrected chi connectivity index (χ1v) is 7.02. The molecule has 1 aromatic carbocycles. The van der Waals surface area contributed by atoms with Crippen molar-refractivity contribution in [1.29, 1.82) is 0 Å². The Kier molecular flexibility index (Phi) is 2.98. The average molecular weight is 273 g/mol. The van der Waals surface area contributed by atoms with E-state index in [-0.39, 0.29) is 11.2 Å². The average Bonchev–Trinajstić information content (AvgIpc) is 2.75. The SMILES string of the molecule is Cc1cc(-n2ccc3c2CC(C)(C)CC3O)ccc1F. The molecule has 0 spiro atoms. The van der Waals surface area contributed by atoms with E-state index < -0.39 is 6.10 Å². The zero-order valence-electron chi connectivity index (χ0n) is 12.2. The zero-order chi connectivity index (χ0) is 14.5. The summed E-state index contributed by atoms with van der Waals surface area (Å²) in [6, 6.07) is 7.12. The van der Waals surface area contributed by atoms with E-state index in [9.17, 15) is 9.50 Å². The largest absolute Gasteiger partial charge is 0.388 e. The van der Waals surface area contributed by atoms with Gasteiger partial charge in [-0.15, -0.1) is 0 Å². The third-order valence-electron chi connectivity index (χ3n) is 4.20. The maximum Gasteiger partial charge on any atom is 0.126 e. The summed E-state index contributed by atoms with van der Waals surface area (Å²) in [7, 11) is 0. The standard InChI is InChI=1S/C17H20FNO/c1-11-8-12(4-5-14(11)18)19-7-6-13-15(19)9-17(2,3)10-16(13)20/h4-8,16,20H,9-10H2,1-3H3. The number of halogens is 1. The van der Waals surface area contributed by atoms with E-state index in [1.54, 1.807) is 13.0 Å². The van der Waals surface area contributed by atoms with Crippen molar-refractivity contribution in [2.75, 3.05) is 0 Å². The van der Waals surface area contributed by atoms with Crippen LogP contribution in [-0.2, 0) is 6.42 Å². The molecule has 20 heavy (non-hydrogen) atoms. The van der Waals surface area contributed by atoms with Gasteiger partial charge in [0.2, 0.25) is 0 Å². The van der Waals surface area contributed by atoms with Crippen molar-refractivity contribution in [3.63, 3.8) is 0 Å². The van der Waals surface area contributed by atoms with Crippen LogP contribution in [0, 0.1) is 18.2 Å². The van der Waals surface area contributed by atoms with Crippen LogP contribution in [0.1, 0.15) is 43.2 Å². The molecule has 1 atom stereocenters. The van der Waals surface area contributed by atoms with E-state index in [0.29, 0.717) is 5.56 Å². The minimum Gasteiger partial charge on any atom is -0.388 e. The highest BCUT2D eigenvalue weighted by molar-refractivity contribution is 5.42. The van der Waals surface area contributed by atoms with Crippen LogP contribution in [0.2, 0.25) is 0 Å². The van der Waals surface area contributed by atoms with Crippen LogP contribution < -0.4 is 0 Å². The number of benzene rings is 1. The van der Waals surface area contributed by atoms with Crippen LogP contribution in [0.4, 0.5) is 4.39 Å². The lowest BCUT2D eigenvalue weighted by atomic mass is 9.75. The highest BCUT2D eigenvalue weighted by atomic mass is 19.1. The van der Waals surface area contributed by atoms with E-state index in [1.807, 2.05) is 18.3 Å². The first-order chi connectivity index (χ1) is 9.37. The number of hydrogen-bond donors (Lipinski definition) is 1. The summed E-state index contributed by atoms with van der Waals surface area (Å²) >= 11 is 0. The summed E-state index contributed by atoms with van der Waals surface area (Å²) in [4.78, 5) is 0. The molecule has 2 aromatic rings. The maximum atomic E-state index is 13.4. The van der Waals surface area contributed by atoms with Gasteiger partial charge >= 0.3 is 0 Å². The van der Waals surface area contributed by atoms with E-state index in [4.69, 9.17) is 0 Å². The van der Waals surface area contributed by atoms with Gasteiger partial charge in [0.25, 0.3) is 0 Å². The summed E-state index contributed by atoms with van der Waals surface area (Å²) in [5, 5.41) is 10.3. The number of aliphatic hydroxyl groups is 1. The molecule has 2 nitrogen and oxygen atoms in total. The van der Waals surface area contributed by atoms with Gasteiger partial charge < -0.3 is 9.67 Å². The highest BCUT2D eigenvalue weighted by Gasteiger charge is 2.33. The summed E-state index contributed by atoms with van der Waals surface area (Å²) < 4.78 is 15.5. The Hall–Kier alpha value is -1.61. The Morgan fingerprint density at radius 3 is 2.75 bits per heavy atom. The Morgan fingerprint density at radius 1 is 1.30 bits per heavy atom. The van der Waals surface area contributed by atoms with Gasteiger partial charge in [-0.2, -0.15) is 0 Å². The molecule has 0 fully saturated rings. The maximum absolute atomic E-state index is 13.4. The van der Waals surface area contributed by atoms with Crippen molar-refractivity contribution in [3.8, 4) is 5.69 Å². The molecule has 1 N–H and O–H groups in total. The molecule has 1 unspecified atom stereocenters. The Balaban J connectivity index is 2.10. The summed E-state index contributed by atoms with van der Waals surface area (Å²) in [5.41, 5.74) is 3.82. The lowest BCUT2D eigenvalue weighted by Gasteiger charge is -2.34. The fourth-order valence-electron chi connectivity index (χ4n) is 3.15. The number of aliphatic hydroxyl groups excluding tert-OH is 1. The van der Waals surface area contributed by atoms with Crippen molar-refractivity contribution in [1.82, 2.24) is 4.57 Å². The molecule has 106 valence electrons. The predicted octanol–water partition coefficient (Wildman–Crippen LogP) is 3.93. The van der Waals surface area contributed by atoms with Gasteiger partial charge in [-0.25, -0.2) is 4.39 Å². The minimum atomic E-state index is -0.406. The molecule has 0 aliphatic heterocycles. The molecule has 0 bridgehead atoms. The minimum absolute atomic E-state index is 0.0809. The first-order valence-electron chi connectivity index (χ1n) is 7.02. The normalized spacial score (nSPS) is 20.8. The van der Waals surface area contributed by atoms with E-state index in [2.05, 4.69) is 18.4 Å². The van der Waals surface area contributed by atoms with Gasteiger partial charge in [-0.05, 0) is 55.0 Å². The lowest BCUT2D eigenvalue weighted by molar-refractivity contribution is 0.0987. The molecule has 1 aromatic heterocycles. The zero-order valence-corrected chi connectivity index (χ0v) is 12.2. The quantitative estimate of drug-likeness (QED) is 0.836. The van der Waals surface area contributed by atoms with Crippen LogP contribution in [0.3, 0.4) is 0 Å². The molecule has 3 rings (SSSR count). The second-order valence-corrected chi connectivity index (χ2v) is 6.58. The third-order valence-corrected chi connectivity index (χ3v) is 4.20. The van der Waals surface area contributed by atoms with Crippen molar-refractivity contribution in [3.05, 3.63) is 53.1 Å². The fraction of sp³-hybridized carbons (Fsp3) is 0.412. The Labute approximate surface area is 118 Å². The predicted molar refractivity (Wildman–Crippen MR) is 77.5 cm³/mol. The number of nitrogens with zero attached hydrogens (tertiary/aromatic N) is 1. The Morgan fingerprint density at radius 2 is 2.05 bits per heavy atom. The van der Waals surface area contributed by atoms with Crippen LogP contribution in [-0.4, -0.2) is 9.67 Å². The van der Waals surface area contributed by atoms with Crippen molar-refractivity contribution in [2.24, 2.45) is 5.41 Å². The van der Waals surface area contributed by atoms with Crippen molar-refractivity contribution in [2.45, 2.75) is 39.7 Å². The molecular weight excluding hydrogens is 253 g/mol. The van der Waals surface area contributed by atoms with Crippen LogP contribution >= 0.6 is 0 Å². The van der Waals surface area contributed by atoms with E-state index in [0.717, 1.165) is 29.8 Å². The highest BCUT2D eigenvalue weighted by Crippen LogP contribution is 2.41. The van der Waals surface area contributed by atoms with Gasteiger partial charge in [0, 0.05) is 23.1 Å². The number of aryl methyl sites for hydroxylation is 1. The molecule has 0 saturated heterocycles. The molecule has 1 aliphatic rings. The molecule has 0 radical (unpaired) electrons. The first kappa shape index (κ1) is 13.4. The second-order valence-electron chi connectivity index (χ2n) is 6.58. The van der Waals surface area contributed by atoms with Gasteiger partial charge in [0.1, 0.15) is 5.82 Å².